The van der Waals surface area contributed by atoms with Gasteiger partial charge in [0, 0.05) is 18.2 Å². The topological polar surface area (TPSA) is 21.3 Å². The smallest absolute Gasteiger partial charge is 0.0755 e. The molecule has 0 bridgehead atoms. The van der Waals surface area contributed by atoms with Gasteiger partial charge in [0.15, 0.2) is 0 Å². The van der Waals surface area contributed by atoms with Crippen LogP contribution >= 0.6 is 11.6 Å². The van der Waals surface area contributed by atoms with Gasteiger partial charge in [-0.25, -0.2) is 0 Å². The van der Waals surface area contributed by atoms with Gasteiger partial charge >= 0.3 is 0 Å². The van der Waals surface area contributed by atoms with Crippen LogP contribution in [0.1, 0.15) is 37.7 Å². The molecule has 1 saturated carbocycles. The first-order valence-electron chi connectivity index (χ1n) is 7.69. The van der Waals surface area contributed by atoms with E-state index in [0.29, 0.717) is 18.1 Å². The van der Waals surface area contributed by atoms with Gasteiger partial charge in [-0.2, -0.15) is 0 Å². The van der Waals surface area contributed by atoms with E-state index < -0.39 is 0 Å². The molecule has 1 aliphatic rings. The summed E-state index contributed by atoms with van der Waals surface area (Å²) < 4.78 is 5.85. The lowest BCUT2D eigenvalue weighted by atomic mass is 9.81. The van der Waals surface area contributed by atoms with Gasteiger partial charge in [0.05, 0.1) is 6.10 Å². The van der Waals surface area contributed by atoms with Crippen LogP contribution in [0.3, 0.4) is 0 Å². The lowest BCUT2D eigenvalue weighted by Crippen LogP contribution is -2.45. The molecule has 0 amide bonds. The number of rotatable bonds is 6. The molecule has 1 N–H and O–H groups in total. The zero-order valence-electron chi connectivity index (χ0n) is 12.6. The van der Waals surface area contributed by atoms with Crippen LogP contribution in [0.2, 0.25) is 5.02 Å². The Morgan fingerprint density at radius 3 is 2.40 bits per heavy atom. The second-order valence-corrected chi connectivity index (χ2v) is 6.26. The number of benzene rings is 1. The zero-order valence-corrected chi connectivity index (χ0v) is 13.3. The Balaban J connectivity index is 2.02. The normalized spacial score (nSPS) is 19.8. The molecule has 0 aliphatic heterocycles. The summed E-state index contributed by atoms with van der Waals surface area (Å²) in [4.78, 5) is 0. The number of likely N-dealkylation sites (N-methyl/N-ethyl adjacent to an activating group) is 1. The fourth-order valence-electron chi connectivity index (χ4n) is 3.40. The molecule has 0 radical (unpaired) electrons. The first-order valence-corrected chi connectivity index (χ1v) is 8.07. The molecule has 1 aromatic rings. The average Bonchev–Trinajstić information content (AvgIpc) is 2.50. The molecule has 0 aromatic heterocycles. The molecule has 20 heavy (non-hydrogen) atoms. The van der Waals surface area contributed by atoms with Gasteiger partial charge in [-0.3, -0.25) is 0 Å². The van der Waals surface area contributed by atoms with E-state index in [1.165, 1.54) is 37.7 Å². The second kappa shape index (κ2) is 8.02. The first-order chi connectivity index (χ1) is 9.74. The van der Waals surface area contributed by atoms with Crippen LogP contribution in [-0.4, -0.2) is 26.3 Å². The number of halogens is 1. The lowest BCUT2D eigenvalue weighted by molar-refractivity contribution is 0.0102. The van der Waals surface area contributed by atoms with Crippen LogP contribution in [-0.2, 0) is 11.2 Å². The van der Waals surface area contributed by atoms with Crippen LogP contribution in [0.25, 0.3) is 0 Å². The minimum atomic E-state index is 0.302. The fraction of sp³-hybridized carbons (Fsp3) is 0.647. The van der Waals surface area contributed by atoms with Crippen molar-refractivity contribution in [3.8, 4) is 0 Å². The minimum absolute atomic E-state index is 0.302. The highest BCUT2D eigenvalue weighted by Crippen LogP contribution is 2.30. The maximum atomic E-state index is 5.95. The van der Waals surface area contributed by atoms with Crippen molar-refractivity contribution in [3.63, 3.8) is 0 Å². The SMILES string of the molecule is CNC(Cc1ccc(Cl)cc1)C(OC)C1CCCCC1. The predicted octanol–water partition coefficient (Wildman–Crippen LogP) is 4.07. The van der Waals surface area contributed by atoms with Gasteiger partial charge < -0.3 is 10.1 Å². The maximum Gasteiger partial charge on any atom is 0.0755 e. The Labute approximate surface area is 127 Å². The van der Waals surface area contributed by atoms with Crippen LogP contribution in [0.4, 0.5) is 0 Å². The molecule has 2 unspecified atom stereocenters. The lowest BCUT2D eigenvalue weighted by Gasteiger charge is -2.35. The van der Waals surface area contributed by atoms with Crippen molar-refractivity contribution in [2.75, 3.05) is 14.2 Å². The number of methoxy groups -OCH3 is 1. The molecule has 2 rings (SSSR count). The summed E-state index contributed by atoms with van der Waals surface area (Å²) in [6.45, 7) is 0. The van der Waals surface area contributed by atoms with Crippen LogP contribution < -0.4 is 5.32 Å². The van der Waals surface area contributed by atoms with Gasteiger partial charge in [0.2, 0.25) is 0 Å². The molecule has 1 fully saturated rings. The third-order valence-electron chi connectivity index (χ3n) is 4.52. The highest BCUT2D eigenvalue weighted by atomic mass is 35.5. The molecule has 112 valence electrons. The summed E-state index contributed by atoms with van der Waals surface area (Å²) in [6.07, 6.45) is 7.98. The Hall–Kier alpha value is -0.570. The van der Waals surface area contributed by atoms with Crippen LogP contribution in [0.5, 0.6) is 0 Å². The highest BCUT2D eigenvalue weighted by molar-refractivity contribution is 6.30. The summed E-state index contributed by atoms with van der Waals surface area (Å²) >= 11 is 5.95. The number of ether oxygens (including phenoxy) is 1. The quantitative estimate of drug-likeness (QED) is 0.854. The van der Waals surface area contributed by atoms with Crippen molar-refractivity contribution in [1.29, 1.82) is 0 Å². The Morgan fingerprint density at radius 2 is 1.85 bits per heavy atom. The Morgan fingerprint density at radius 1 is 1.20 bits per heavy atom. The van der Waals surface area contributed by atoms with Crippen molar-refractivity contribution in [3.05, 3.63) is 34.9 Å². The summed E-state index contributed by atoms with van der Waals surface area (Å²) in [6, 6.07) is 8.52. The van der Waals surface area contributed by atoms with Gasteiger partial charge in [0.1, 0.15) is 0 Å². The van der Waals surface area contributed by atoms with E-state index in [4.69, 9.17) is 16.3 Å². The summed E-state index contributed by atoms with van der Waals surface area (Å²) in [5, 5.41) is 4.25. The Bertz CT molecular complexity index is 386. The van der Waals surface area contributed by atoms with Crippen molar-refractivity contribution >= 4 is 11.6 Å². The number of hydrogen-bond acceptors (Lipinski definition) is 2. The molecule has 1 aliphatic carbocycles. The Kier molecular flexibility index (Phi) is 6.34. The molecule has 3 heteroatoms. The third kappa shape index (κ3) is 4.21. The van der Waals surface area contributed by atoms with Gasteiger partial charge in [-0.1, -0.05) is 43.0 Å². The summed E-state index contributed by atoms with van der Waals surface area (Å²) in [5.41, 5.74) is 1.31. The summed E-state index contributed by atoms with van der Waals surface area (Å²) in [5.74, 6) is 0.693. The van der Waals surface area contributed by atoms with E-state index in [2.05, 4.69) is 17.4 Å². The second-order valence-electron chi connectivity index (χ2n) is 5.82. The van der Waals surface area contributed by atoms with Crippen molar-refractivity contribution < 1.29 is 4.74 Å². The number of hydrogen-bond donors (Lipinski definition) is 1. The van der Waals surface area contributed by atoms with Crippen LogP contribution in [0.15, 0.2) is 24.3 Å². The molecular formula is C17H26ClNO. The van der Waals surface area contributed by atoms with E-state index in [1.54, 1.807) is 0 Å². The van der Waals surface area contributed by atoms with Gasteiger partial charge in [0.25, 0.3) is 0 Å². The van der Waals surface area contributed by atoms with Crippen molar-refractivity contribution in [2.45, 2.75) is 50.7 Å². The monoisotopic (exact) mass is 295 g/mol. The van der Waals surface area contributed by atoms with E-state index >= 15 is 0 Å². The molecular weight excluding hydrogens is 270 g/mol. The van der Waals surface area contributed by atoms with E-state index in [-0.39, 0.29) is 0 Å². The van der Waals surface area contributed by atoms with Gasteiger partial charge in [-0.05, 0) is 49.9 Å². The minimum Gasteiger partial charge on any atom is -0.380 e. The van der Waals surface area contributed by atoms with Gasteiger partial charge in [-0.15, -0.1) is 0 Å². The third-order valence-corrected chi connectivity index (χ3v) is 4.77. The van der Waals surface area contributed by atoms with E-state index in [1.807, 2.05) is 26.3 Å². The molecule has 2 atom stereocenters. The largest absolute Gasteiger partial charge is 0.380 e. The molecule has 0 heterocycles. The number of nitrogens with one attached hydrogen (secondary N) is 1. The summed E-state index contributed by atoms with van der Waals surface area (Å²) in [7, 11) is 3.89. The fourth-order valence-corrected chi connectivity index (χ4v) is 3.53. The molecule has 0 saturated heterocycles. The van der Waals surface area contributed by atoms with Crippen molar-refractivity contribution in [2.24, 2.45) is 5.92 Å². The predicted molar refractivity (Wildman–Crippen MR) is 85.4 cm³/mol. The van der Waals surface area contributed by atoms with E-state index in [9.17, 15) is 0 Å². The molecule has 1 aromatic carbocycles. The molecule has 0 spiro atoms. The highest BCUT2D eigenvalue weighted by Gasteiger charge is 2.29. The molecule has 2 nitrogen and oxygen atoms in total. The average molecular weight is 296 g/mol. The van der Waals surface area contributed by atoms with Crippen molar-refractivity contribution in [1.82, 2.24) is 5.32 Å². The zero-order chi connectivity index (χ0) is 14.4. The van der Waals surface area contributed by atoms with Crippen LogP contribution in [0, 0.1) is 5.92 Å². The first kappa shape index (κ1) is 15.8. The maximum absolute atomic E-state index is 5.95. The standard InChI is InChI=1S/C17H26ClNO/c1-19-16(12-13-8-10-15(18)11-9-13)17(20-2)14-6-4-3-5-7-14/h8-11,14,16-17,19H,3-7,12H2,1-2H3. The van der Waals surface area contributed by atoms with E-state index in [0.717, 1.165) is 11.4 Å².